The fraction of sp³-hybridized carbons (Fsp3) is 0.881. The molecule has 0 aliphatic heterocycles. The number of carbonyl (C=O) groups excluding carboxylic acids is 3. The van der Waals surface area contributed by atoms with Crippen LogP contribution in [0, 0.1) is 0 Å². The van der Waals surface area contributed by atoms with Crippen LogP contribution in [0.25, 0.3) is 0 Å². The molecule has 65 heavy (non-hydrogen) atoms. The molecule has 382 valence electrons. The molecule has 6 heteroatoms. The van der Waals surface area contributed by atoms with Crippen molar-refractivity contribution in [3.63, 3.8) is 0 Å². The quantitative estimate of drug-likeness (QED) is 0.0262. The highest BCUT2D eigenvalue weighted by atomic mass is 16.6. The van der Waals surface area contributed by atoms with Gasteiger partial charge in [0.2, 0.25) is 0 Å². The molecule has 0 N–H and O–H groups in total. The Bertz CT molecular complexity index is 1050. The standard InChI is InChI=1S/C59H110O6/c1-4-7-10-13-16-19-22-25-27-29-30-32-34-37-40-43-46-49-52-58(61)64-55-56(54-63-57(60)51-48-45-42-39-36-33-24-21-18-15-12-9-6-3)65-59(62)53-50-47-44-41-38-35-31-28-26-23-20-17-14-11-8-5-2/h12,15,21,24,56H,4-11,13-14,16-20,22-23,25-55H2,1-3H3/b15-12-,24-21-. The number of carbonyl (C=O) groups is 3. The van der Waals surface area contributed by atoms with Gasteiger partial charge >= 0.3 is 17.9 Å². The largest absolute Gasteiger partial charge is 0.462 e. The Labute approximate surface area is 404 Å². The van der Waals surface area contributed by atoms with Crippen LogP contribution in [0.5, 0.6) is 0 Å². The highest BCUT2D eigenvalue weighted by molar-refractivity contribution is 5.71. The number of esters is 3. The molecule has 6 nitrogen and oxygen atoms in total. The van der Waals surface area contributed by atoms with E-state index in [1.807, 2.05) is 0 Å². The van der Waals surface area contributed by atoms with Gasteiger partial charge in [-0.05, 0) is 44.9 Å². The van der Waals surface area contributed by atoms with E-state index in [-0.39, 0.29) is 31.1 Å². The van der Waals surface area contributed by atoms with Gasteiger partial charge in [0, 0.05) is 19.3 Å². The van der Waals surface area contributed by atoms with Crippen LogP contribution in [-0.2, 0) is 28.6 Å². The van der Waals surface area contributed by atoms with Gasteiger partial charge in [0.15, 0.2) is 6.10 Å². The topological polar surface area (TPSA) is 78.9 Å². The maximum atomic E-state index is 12.8. The van der Waals surface area contributed by atoms with Crippen LogP contribution in [-0.4, -0.2) is 37.2 Å². The van der Waals surface area contributed by atoms with Crippen LogP contribution >= 0.6 is 0 Å². The zero-order valence-electron chi connectivity index (χ0n) is 43.8. The molecule has 0 saturated heterocycles. The van der Waals surface area contributed by atoms with Crippen LogP contribution in [0.4, 0.5) is 0 Å². The van der Waals surface area contributed by atoms with Crippen molar-refractivity contribution >= 4 is 17.9 Å². The van der Waals surface area contributed by atoms with Crippen molar-refractivity contribution in [2.75, 3.05) is 13.2 Å². The summed E-state index contributed by atoms with van der Waals surface area (Å²) < 4.78 is 16.9. The van der Waals surface area contributed by atoms with Gasteiger partial charge in [0.1, 0.15) is 13.2 Å². The molecule has 1 unspecified atom stereocenters. The lowest BCUT2D eigenvalue weighted by Gasteiger charge is -2.18. The van der Waals surface area contributed by atoms with Crippen molar-refractivity contribution in [3.05, 3.63) is 24.3 Å². The molecule has 0 bridgehead atoms. The second-order valence-electron chi connectivity index (χ2n) is 19.6. The summed E-state index contributed by atoms with van der Waals surface area (Å²) in [5, 5.41) is 0. The smallest absolute Gasteiger partial charge is 0.306 e. The summed E-state index contributed by atoms with van der Waals surface area (Å²) in [6.07, 6.45) is 63.1. The SMILES string of the molecule is CCC/C=C\C/C=C\CCCCCCCC(=O)OCC(COC(=O)CCCCCCCCCCCCCCCCCCCC)OC(=O)CCCCCCCCCCCCCCCCCC. The van der Waals surface area contributed by atoms with Gasteiger partial charge in [-0.15, -0.1) is 0 Å². The van der Waals surface area contributed by atoms with Gasteiger partial charge < -0.3 is 14.2 Å². The molecular formula is C59H110O6. The van der Waals surface area contributed by atoms with E-state index < -0.39 is 6.10 Å². The van der Waals surface area contributed by atoms with Crippen LogP contribution in [0.3, 0.4) is 0 Å². The summed E-state index contributed by atoms with van der Waals surface area (Å²) in [5.41, 5.74) is 0. The minimum atomic E-state index is -0.771. The molecule has 0 rings (SSSR count). The van der Waals surface area contributed by atoms with E-state index in [4.69, 9.17) is 14.2 Å². The van der Waals surface area contributed by atoms with E-state index in [1.165, 1.54) is 193 Å². The van der Waals surface area contributed by atoms with Crippen molar-refractivity contribution in [1.29, 1.82) is 0 Å². The average molecular weight is 916 g/mol. The molecule has 0 radical (unpaired) electrons. The highest BCUT2D eigenvalue weighted by Crippen LogP contribution is 2.17. The first-order valence-corrected chi connectivity index (χ1v) is 28.8. The summed E-state index contributed by atoms with van der Waals surface area (Å²) in [6, 6.07) is 0. The van der Waals surface area contributed by atoms with E-state index >= 15 is 0 Å². The highest BCUT2D eigenvalue weighted by Gasteiger charge is 2.19. The molecule has 0 spiro atoms. The second-order valence-corrected chi connectivity index (χ2v) is 19.6. The number of hydrogen-bond acceptors (Lipinski definition) is 6. The van der Waals surface area contributed by atoms with Gasteiger partial charge in [-0.1, -0.05) is 276 Å². The monoisotopic (exact) mass is 915 g/mol. The Balaban J connectivity index is 4.31. The van der Waals surface area contributed by atoms with Gasteiger partial charge in [0.05, 0.1) is 0 Å². The summed E-state index contributed by atoms with van der Waals surface area (Å²) in [7, 11) is 0. The first-order valence-electron chi connectivity index (χ1n) is 28.8. The molecule has 0 aliphatic carbocycles. The maximum absolute atomic E-state index is 12.8. The molecule has 0 saturated carbocycles. The molecular weight excluding hydrogens is 805 g/mol. The van der Waals surface area contributed by atoms with Crippen molar-refractivity contribution < 1.29 is 28.6 Å². The first-order chi connectivity index (χ1) is 32.0. The molecule has 0 amide bonds. The van der Waals surface area contributed by atoms with E-state index in [0.717, 1.165) is 83.5 Å². The summed E-state index contributed by atoms with van der Waals surface area (Å²) in [6.45, 7) is 6.62. The third kappa shape index (κ3) is 52.7. The fourth-order valence-corrected chi connectivity index (χ4v) is 8.60. The number of unbranched alkanes of at least 4 members (excludes halogenated alkanes) is 38. The van der Waals surface area contributed by atoms with E-state index in [9.17, 15) is 14.4 Å². The van der Waals surface area contributed by atoms with E-state index in [2.05, 4.69) is 45.1 Å². The molecule has 0 aromatic rings. The maximum Gasteiger partial charge on any atom is 0.306 e. The Morgan fingerprint density at radius 2 is 0.585 bits per heavy atom. The van der Waals surface area contributed by atoms with Crippen LogP contribution in [0.2, 0.25) is 0 Å². The minimum absolute atomic E-state index is 0.0701. The Morgan fingerprint density at radius 3 is 0.908 bits per heavy atom. The van der Waals surface area contributed by atoms with Crippen molar-refractivity contribution in [2.45, 2.75) is 322 Å². The zero-order valence-corrected chi connectivity index (χ0v) is 43.8. The fourth-order valence-electron chi connectivity index (χ4n) is 8.60. The average Bonchev–Trinajstić information content (AvgIpc) is 3.30. The van der Waals surface area contributed by atoms with E-state index in [0.29, 0.717) is 19.3 Å². The van der Waals surface area contributed by atoms with Crippen molar-refractivity contribution in [1.82, 2.24) is 0 Å². The van der Waals surface area contributed by atoms with Gasteiger partial charge in [-0.3, -0.25) is 14.4 Å². The lowest BCUT2D eigenvalue weighted by atomic mass is 10.0. The minimum Gasteiger partial charge on any atom is -0.462 e. The summed E-state index contributed by atoms with van der Waals surface area (Å²) in [5.74, 6) is -0.863. The third-order valence-electron chi connectivity index (χ3n) is 12.9. The molecule has 1 atom stereocenters. The first kappa shape index (κ1) is 62.9. The Kier molecular flexibility index (Phi) is 52.7. The summed E-state index contributed by atoms with van der Waals surface area (Å²) >= 11 is 0. The van der Waals surface area contributed by atoms with Crippen LogP contribution < -0.4 is 0 Å². The Morgan fingerprint density at radius 1 is 0.308 bits per heavy atom. The van der Waals surface area contributed by atoms with Crippen molar-refractivity contribution in [3.8, 4) is 0 Å². The number of rotatable bonds is 53. The third-order valence-corrected chi connectivity index (χ3v) is 12.9. The van der Waals surface area contributed by atoms with Gasteiger partial charge in [-0.25, -0.2) is 0 Å². The lowest BCUT2D eigenvalue weighted by Crippen LogP contribution is -2.30. The molecule has 0 aromatic carbocycles. The van der Waals surface area contributed by atoms with E-state index in [1.54, 1.807) is 0 Å². The lowest BCUT2D eigenvalue weighted by molar-refractivity contribution is -0.167. The number of ether oxygens (including phenoxy) is 3. The summed E-state index contributed by atoms with van der Waals surface area (Å²) in [4.78, 5) is 38.1. The van der Waals surface area contributed by atoms with Gasteiger partial charge in [-0.2, -0.15) is 0 Å². The Hall–Kier alpha value is -2.11. The predicted molar refractivity (Wildman–Crippen MR) is 279 cm³/mol. The second kappa shape index (κ2) is 54.5. The number of allylic oxidation sites excluding steroid dienone is 4. The van der Waals surface area contributed by atoms with Gasteiger partial charge in [0.25, 0.3) is 0 Å². The molecule has 0 aliphatic rings. The molecule has 0 fully saturated rings. The van der Waals surface area contributed by atoms with Crippen LogP contribution in [0.15, 0.2) is 24.3 Å². The molecule has 0 aromatic heterocycles. The van der Waals surface area contributed by atoms with Crippen molar-refractivity contribution in [2.24, 2.45) is 0 Å². The predicted octanol–water partition coefficient (Wildman–Crippen LogP) is 19.1. The number of hydrogen-bond donors (Lipinski definition) is 0. The van der Waals surface area contributed by atoms with Crippen LogP contribution in [0.1, 0.15) is 316 Å². The molecule has 0 heterocycles. The normalized spacial score (nSPS) is 12.1. The zero-order chi connectivity index (χ0) is 47.2.